The fraction of sp³-hybridized carbons (Fsp3) is 0.410. The fourth-order valence-electron chi connectivity index (χ4n) is 12.4. The Morgan fingerprint density at radius 1 is 0.819 bits per heavy atom. The number of thiazole rings is 1. The molecular weight excluding hydrogens is 1100 g/mol. The second-order valence-electron chi connectivity index (χ2n) is 22.7. The van der Waals surface area contributed by atoms with Gasteiger partial charge in [-0.15, -0.1) is 11.3 Å². The lowest BCUT2D eigenvalue weighted by Gasteiger charge is -2.40. The minimum atomic E-state index is -3.49. The number of halogens is 3. The third-order valence-electron chi connectivity index (χ3n) is 16.9. The molecule has 2 amide bonds. The molecule has 0 spiro atoms. The first-order valence-electron chi connectivity index (χ1n) is 28.4. The number of anilines is 3. The Morgan fingerprint density at radius 3 is 2.22 bits per heavy atom. The van der Waals surface area contributed by atoms with E-state index in [4.69, 9.17) is 0 Å². The van der Waals surface area contributed by atoms with Gasteiger partial charge in [0.25, 0.3) is 0 Å². The van der Waals surface area contributed by atoms with Crippen LogP contribution in [0.15, 0.2) is 103 Å². The number of β-amino-alcohol motifs (C(OH)–C–C–N with tert-alkyl or cyclic N) is 1. The van der Waals surface area contributed by atoms with Crippen LogP contribution in [0.25, 0.3) is 32.6 Å². The van der Waals surface area contributed by atoms with E-state index in [0.29, 0.717) is 26.9 Å². The number of hydrogen-bond donors (Lipinski definition) is 4. The minimum absolute atomic E-state index is 0.000625. The molecule has 83 heavy (non-hydrogen) atoms. The molecule has 11 rings (SSSR count). The minimum Gasteiger partial charge on any atom is -0.391 e. The Bertz CT molecular complexity index is 3580. The summed E-state index contributed by atoms with van der Waals surface area (Å²) in [5.41, 5.74) is 7.90. The molecule has 3 N–H and O–H groups in total. The van der Waals surface area contributed by atoms with E-state index in [1.807, 2.05) is 75.8 Å². The fourth-order valence-corrected chi connectivity index (χ4v) is 13.9. The van der Waals surface area contributed by atoms with E-state index in [2.05, 4.69) is 58.2 Å². The largest absolute Gasteiger partial charge is 0.391 e. The average Bonchev–Trinajstić information content (AvgIpc) is 3.89. The van der Waals surface area contributed by atoms with E-state index >= 15 is 8.78 Å². The maximum atomic E-state index is 16.1. The lowest BCUT2D eigenvalue weighted by molar-refractivity contribution is -0.140. The topological polar surface area (TPSA) is 192 Å². The van der Waals surface area contributed by atoms with Crippen molar-refractivity contribution in [1.29, 1.82) is 0 Å². The van der Waals surface area contributed by atoms with Gasteiger partial charge in [-0.2, -0.15) is 4.41 Å². The van der Waals surface area contributed by atoms with Gasteiger partial charge in [-0.3, -0.25) is 24.3 Å². The zero-order valence-electron chi connectivity index (χ0n) is 46.8. The number of piperidine rings is 1. The van der Waals surface area contributed by atoms with Crippen LogP contribution >= 0.6 is 11.3 Å². The normalized spacial score (nSPS) is 20.0. The molecule has 17 nitrogen and oxygen atoms in total. The quantitative estimate of drug-likeness (QED) is 0.0502. The van der Waals surface area contributed by atoms with Crippen LogP contribution in [0.1, 0.15) is 91.2 Å². The number of carbonyl (C=O) groups is 3. The average molecular weight is 1170 g/mol. The number of benzene rings is 3. The molecule has 5 atom stereocenters. The maximum Gasteiger partial charge on any atom is 0.243 e. The molecule has 436 valence electrons. The molecule has 4 aliphatic rings. The van der Waals surface area contributed by atoms with Crippen molar-refractivity contribution in [2.45, 2.75) is 83.7 Å². The third-order valence-corrected chi connectivity index (χ3v) is 18.7. The number of H-pyrrole nitrogens is 1. The number of piperazine rings is 1. The molecule has 0 saturated carbocycles. The first kappa shape index (κ1) is 57.6. The van der Waals surface area contributed by atoms with Crippen molar-refractivity contribution in [2.24, 2.45) is 11.8 Å². The van der Waals surface area contributed by atoms with Gasteiger partial charge in [-0.1, -0.05) is 50.2 Å². The van der Waals surface area contributed by atoms with Gasteiger partial charge in [0, 0.05) is 106 Å². The van der Waals surface area contributed by atoms with E-state index in [-0.39, 0.29) is 61.8 Å². The van der Waals surface area contributed by atoms with Crippen molar-refractivity contribution in [3.8, 4) is 21.6 Å². The van der Waals surface area contributed by atoms with E-state index in [9.17, 15) is 32.3 Å². The number of hydrogen-bond acceptors (Lipinski definition) is 14. The van der Waals surface area contributed by atoms with Crippen LogP contribution in [0.5, 0.6) is 0 Å². The van der Waals surface area contributed by atoms with Gasteiger partial charge < -0.3 is 30.1 Å². The number of alkyl halides is 1. The number of ketones is 1. The maximum absolute atomic E-state index is 16.1. The highest BCUT2D eigenvalue weighted by molar-refractivity contribution is 7.73. The van der Waals surface area contributed by atoms with E-state index in [0.717, 1.165) is 120 Å². The number of likely N-dealkylation sites (tertiary alicyclic amines) is 1. The Balaban J connectivity index is 0.671. The highest BCUT2D eigenvalue weighted by atomic mass is 32.2. The number of amides is 2. The Kier molecular flexibility index (Phi) is 17.0. The molecule has 4 fully saturated rings. The van der Waals surface area contributed by atoms with Crippen molar-refractivity contribution < 1.29 is 41.1 Å². The van der Waals surface area contributed by atoms with Crippen LogP contribution in [-0.4, -0.2) is 150 Å². The van der Waals surface area contributed by atoms with Gasteiger partial charge in [0.05, 0.1) is 58.1 Å². The van der Waals surface area contributed by atoms with Crippen molar-refractivity contribution in [2.75, 3.05) is 79.7 Å². The first-order valence-corrected chi connectivity index (χ1v) is 30.4. The zero-order valence-corrected chi connectivity index (χ0v) is 48.5. The van der Waals surface area contributed by atoms with E-state index < -0.39 is 63.8 Å². The number of nitrogens with one attached hydrogen (secondary N) is 2. The molecule has 0 bridgehead atoms. The summed E-state index contributed by atoms with van der Waals surface area (Å²) in [6, 6.07) is 20.6. The number of aryl methyl sites for hydroxylation is 1. The molecule has 4 saturated heterocycles. The molecule has 3 aromatic carbocycles. The molecule has 4 aromatic heterocycles. The third kappa shape index (κ3) is 12.1. The summed E-state index contributed by atoms with van der Waals surface area (Å²) in [5, 5.41) is 15.4. The van der Waals surface area contributed by atoms with Crippen molar-refractivity contribution in [1.82, 2.24) is 40.1 Å². The number of aliphatic hydroxyl groups excluding tert-OH is 1. The van der Waals surface area contributed by atoms with Crippen LogP contribution in [0, 0.1) is 30.4 Å². The smallest absolute Gasteiger partial charge is 0.243 e. The van der Waals surface area contributed by atoms with Gasteiger partial charge in [-0.05, 0) is 104 Å². The first-order chi connectivity index (χ1) is 40.0. The van der Waals surface area contributed by atoms with E-state index in [1.54, 1.807) is 34.7 Å². The van der Waals surface area contributed by atoms with Crippen LogP contribution in [-0.2, 0) is 20.5 Å². The Hall–Kier alpha value is -7.24. The second kappa shape index (κ2) is 24.5. The predicted octanol–water partition coefficient (Wildman–Crippen LogP) is 8.48. The van der Waals surface area contributed by atoms with Crippen LogP contribution in [0.4, 0.5) is 30.2 Å². The number of carbonyl (C=O) groups excluding carboxylic acids is 3. The predicted molar refractivity (Wildman–Crippen MR) is 316 cm³/mol. The number of rotatable bonds is 17. The molecule has 0 radical (unpaired) electrons. The van der Waals surface area contributed by atoms with Gasteiger partial charge in [0.2, 0.25) is 28.5 Å². The van der Waals surface area contributed by atoms with Crippen molar-refractivity contribution in [3.05, 3.63) is 143 Å². The number of aromatic nitrogens is 4. The number of fused-ring (bicyclic) bond motifs is 1. The Morgan fingerprint density at radius 2 is 1.54 bits per heavy atom. The summed E-state index contributed by atoms with van der Waals surface area (Å²) >= 11 is 1.59. The van der Waals surface area contributed by atoms with Gasteiger partial charge in [0.1, 0.15) is 29.4 Å². The summed E-state index contributed by atoms with van der Waals surface area (Å²) in [7, 11) is -3.49. The standard InChI is InChI=1S/C61H68F3N11O6S2/c1-36(2)54(61(79)74-34-48(76)27-53(74)60(78)69-37(3)40-5-7-42(8-6-40)58-38(4)68-35-82-58)44-25-47(30-65-28-44)72-23-21-70(22-24-72)32-39-15-18-71(19-16-39)46-11-9-41(10-12-46)43-26-49-50(31-67-59(49)66-29-43)57(77)55-51(63)13-14-52(56(55)64)75(83(80)81)73-20-17-45(62)33-73/h5-14,25-26,28-31,35-37,39,45,48,53-54,76,83H,15-24,27,32-34H2,1-4H3,(H,66,67)(H,69,78)/t37-,45+,48+,53-,54?/m0/s1. The summed E-state index contributed by atoms with van der Waals surface area (Å²) in [6.45, 7) is 13.9. The lowest BCUT2D eigenvalue weighted by atomic mass is 9.87. The Labute approximate surface area is 486 Å². The van der Waals surface area contributed by atoms with Crippen LogP contribution < -0.4 is 19.5 Å². The number of aromatic amines is 1. The molecule has 1 unspecified atom stereocenters. The highest BCUT2D eigenvalue weighted by Crippen LogP contribution is 2.36. The van der Waals surface area contributed by atoms with Gasteiger partial charge in [-0.25, -0.2) is 36.6 Å². The number of hydrazine groups is 1. The van der Waals surface area contributed by atoms with Gasteiger partial charge in [0.15, 0.2) is 5.82 Å². The monoisotopic (exact) mass is 1170 g/mol. The summed E-state index contributed by atoms with van der Waals surface area (Å²) in [5.74, 6) is -4.14. The van der Waals surface area contributed by atoms with Crippen molar-refractivity contribution in [3.63, 3.8) is 0 Å². The molecular formula is C61H68F3N11O6S2. The summed E-state index contributed by atoms with van der Waals surface area (Å²) in [4.78, 5) is 68.7. The summed E-state index contributed by atoms with van der Waals surface area (Å²) < 4.78 is 70.6. The van der Waals surface area contributed by atoms with Crippen molar-refractivity contribution >= 4 is 67.9 Å². The number of pyridine rings is 2. The van der Waals surface area contributed by atoms with Crippen LogP contribution in [0.3, 0.4) is 0 Å². The second-order valence-corrected chi connectivity index (χ2v) is 24.4. The molecule has 0 aliphatic carbocycles. The molecule has 7 aromatic rings. The van der Waals surface area contributed by atoms with Gasteiger partial charge >= 0.3 is 0 Å². The number of aliphatic hydroxyl groups is 1. The molecule has 22 heteroatoms. The highest BCUT2D eigenvalue weighted by Gasteiger charge is 2.43. The lowest BCUT2D eigenvalue weighted by Crippen LogP contribution is -2.49. The molecule has 8 heterocycles. The molecule has 4 aliphatic heterocycles. The zero-order chi connectivity index (χ0) is 58.2. The van der Waals surface area contributed by atoms with Crippen LogP contribution in [0.2, 0.25) is 0 Å². The SMILES string of the molecule is Cc1ncsc1-c1ccc([C@H](C)NC(=O)[C@@H]2C[C@@H](O)CN2C(=O)C(c2cncc(N3CCN(CC4CCN(c5ccc(-c6cnc7[nH]cc(C(=O)c8c(F)ccc(N(N9CC[C@@H](F)C9)[SH](=O)=O)c8F)c7c6)cc5)CC4)CC3)c2)C(C)C)cc1. The van der Waals surface area contributed by atoms with E-state index in [1.165, 1.54) is 6.20 Å². The number of nitrogens with zero attached hydrogens (tertiary/aromatic N) is 9. The number of thiol groups is 1. The summed E-state index contributed by atoms with van der Waals surface area (Å²) in [6.07, 6.45) is 6.75.